The lowest BCUT2D eigenvalue weighted by Crippen LogP contribution is -2.10. The van der Waals surface area contributed by atoms with Gasteiger partial charge in [0.2, 0.25) is 0 Å². The molecular formula is C21H24N2O5. The number of carboxylic acid groups (broad SMARTS) is 1. The number of pyridine rings is 1. The van der Waals surface area contributed by atoms with Crippen molar-refractivity contribution in [2.45, 2.75) is 25.2 Å². The van der Waals surface area contributed by atoms with Gasteiger partial charge >= 0.3 is 11.9 Å². The van der Waals surface area contributed by atoms with Gasteiger partial charge in [0, 0.05) is 19.2 Å². The topological polar surface area (TPSA) is 97.8 Å². The predicted molar refractivity (Wildman–Crippen MR) is 104 cm³/mol. The number of aliphatic carboxylic acids is 1. The second kappa shape index (κ2) is 9.21. The maximum Gasteiger partial charge on any atom is 0.338 e. The first-order valence-corrected chi connectivity index (χ1v) is 9.30. The van der Waals surface area contributed by atoms with Gasteiger partial charge in [-0.3, -0.25) is 4.79 Å². The van der Waals surface area contributed by atoms with E-state index in [9.17, 15) is 9.59 Å². The van der Waals surface area contributed by atoms with Crippen LogP contribution in [0.5, 0.6) is 5.75 Å². The highest BCUT2D eigenvalue weighted by Gasteiger charge is 2.41. The number of carboxylic acids is 1. The largest absolute Gasteiger partial charge is 0.494 e. The molecule has 148 valence electrons. The minimum Gasteiger partial charge on any atom is -0.494 e. The molecule has 2 N–H and O–H groups in total. The van der Waals surface area contributed by atoms with E-state index in [0.717, 1.165) is 30.8 Å². The SMILES string of the molecule is COC(=O)c1cc(OCCCNc2ccccn2)ccc1C1CC1CC(=O)O. The molecule has 1 saturated carbocycles. The van der Waals surface area contributed by atoms with Crippen LogP contribution >= 0.6 is 0 Å². The highest BCUT2D eigenvalue weighted by molar-refractivity contribution is 5.92. The quantitative estimate of drug-likeness (QED) is 0.479. The number of hydrogen-bond donors (Lipinski definition) is 2. The molecule has 28 heavy (non-hydrogen) atoms. The molecule has 2 atom stereocenters. The number of methoxy groups -OCH3 is 1. The monoisotopic (exact) mass is 384 g/mol. The lowest BCUT2D eigenvalue weighted by atomic mass is 10.0. The van der Waals surface area contributed by atoms with Gasteiger partial charge in [0.15, 0.2) is 0 Å². The number of carbonyl (C=O) groups is 2. The van der Waals surface area contributed by atoms with Gasteiger partial charge in [-0.2, -0.15) is 0 Å². The summed E-state index contributed by atoms with van der Waals surface area (Å²) >= 11 is 0. The van der Waals surface area contributed by atoms with Crippen molar-refractivity contribution in [1.29, 1.82) is 0 Å². The summed E-state index contributed by atoms with van der Waals surface area (Å²) < 4.78 is 10.7. The highest BCUT2D eigenvalue weighted by atomic mass is 16.5. The number of ether oxygens (including phenoxy) is 2. The minimum absolute atomic E-state index is 0.0744. The summed E-state index contributed by atoms with van der Waals surface area (Å²) in [6, 6.07) is 11.0. The number of rotatable bonds is 10. The van der Waals surface area contributed by atoms with Gasteiger partial charge in [-0.1, -0.05) is 12.1 Å². The first-order chi connectivity index (χ1) is 13.6. The third kappa shape index (κ3) is 5.22. The molecule has 1 aliphatic carbocycles. The van der Waals surface area contributed by atoms with Gasteiger partial charge in [0.05, 0.1) is 19.3 Å². The Bertz CT molecular complexity index is 825. The van der Waals surface area contributed by atoms with E-state index in [4.69, 9.17) is 14.6 Å². The van der Waals surface area contributed by atoms with Crippen molar-refractivity contribution in [2.24, 2.45) is 5.92 Å². The fraction of sp³-hybridized carbons (Fsp3) is 0.381. The molecule has 0 amide bonds. The van der Waals surface area contributed by atoms with Crippen molar-refractivity contribution >= 4 is 17.8 Å². The van der Waals surface area contributed by atoms with Crippen molar-refractivity contribution < 1.29 is 24.2 Å². The zero-order chi connectivity index (χ0) is 19.9. The van der Waals surface area contributed by atoms with E-state index in [1.807, 2.05) is 30.3 Å². The number of aromatic nitrogens is 1. The van der Waals surface area contributed by atoms with Crippen LogP contribution in [-0.2, 0) is 9.53 Å². The van der Waals surface area contributed by atoms with Crippen LogP contribution in [0.3, 0.4) is 0 Å². The normalized spacial score (nSPS) is 17.6. The van der Waals surface area contributed by atoms with Crippen molar-refractivity contribution in [3.63, 3.8) is 0 Å². The summed E-state index contributed by atoms with van der Waals surface area (Å²) in [7, 11) is 1.34. The average molecular weight is 384 g/mol. The fourth-order valence-electron chi connectivity index (χ4n) is 3.26. The van der Waals surface area contributed by atoms with Crippen LogP contribution in [0.15, 0.2) is 42.6 Å². The summed E-state index contributed by atoms with van der Waals surface area (Å²) in [6.45, 7) is 1.21. The van der Waals surface area contributed by atoms with Gasteiger partial charge in [0.1, 0.15) is 11.6 Å². The second-order valence-corrected chi connectivity index (χ2v) is 6.78. The number of benzene rings is 1. The van der Waals surface area contributed by atoms with E-state index in [1.165, 1.54) is 7.11 Å². The molecule has 0 bridgehead atoms. The summed E-state index contributed by atoms with van der Waals surface area (Å²) in [6.07, 6.45) is 3.40. The molecule has 7 nitrogen and oxygen atoms in total. The minimum atomic E-state index is -0.814. The Hall–Kier alpha value is -3.09. The van der Waals surface area contributed by atoms with E-state index < -0.39 is 11.9 Å². The Morgan fingerprint density at radius 2 is 2.14 bits per heavy atom. The molecule has 0 saturated heterocycles. The van der Waals surface area contributed by atoms with Gasteiger partial charge in [0.25, 0.3) is 0 Å². The zero-order valence-electron chi connectivity index (χ0n) is 15.8. The summed E-state index contributed by atoms with van der Waals surface area (Å²) in [5.74, 6) is 0.328. The van der Waals surface area contributed by atoms with Crippen LogP contribution in [0.25, 0.3) is 0 Å². The Morgan fingerprint density at radius 3 is 2.86 bits per heavy atom. The molecule has 0 radical (unpaired) electrons. The van der Waals surface area contributed by atoms with Gasteiger partial charge < -0.3 is 19.9 Å². The lowest BCUT2D eigenvalue weighted by Gasteiger charge is -2.12. The Labute approximate surface area is 163 Å². The van der Waals surface area contributed by atoms with E-state index in [1.54, 1.807) is 12.3 Å². The molecular weight excluding hydrogens is 360 g/mol. The number of nitrogens with zero attached hydrogens (tertiary/aromatic N) is 1. The molecule has 1 aromatic carbocycles. The summed E-state index contributed by atoms with van der Waals surface area (Å²) in [5.41, 5.74) is 1.28. The van der Waals surface area contributed by atoms with E-state index in [2.05, 4.69) is 10.3 Å². The molecule has 1 heterocycles. The predicted octanol–water partition coefficient (Wildman–Crippen LogP) is 3.33. The van der Waals surface area contributed by atoms with Crippen LogP contribution in [0.1, 0.15) is 41.1 Å². The van der Waals surface area contributed by atoms with Crippen LogP contribution in [0.2, 0.25) is 0 Å². The average Bonchev–Trinajstić information content (AvgIpc) is 3.45. The maximum absolute atomic E-state index is 12.2. The summed E-state index contributed by atoms with van der Waals surface area (Å²) in [4.78, 5) is 27.3. The van der Waals surface area contributed by atoms with Crippen molar-refractivity contribution in [3.8, 4) is 5.75 Å². The van der Waals surface area contributed by atoms with E-state index in [-0.39, 0.29) is 18.3 Å². The van der Waals surface area contributed by atoms with Gasteiger partial charge in [-0.25, -0.2) is 9.78 Å². The Kier molecular flexibility index (Phi) is 6.47. The molecule has 3 rings (SSSR count). The number of hydrogen-bond acceptors (Lipinski definition) is 6. The van der Waals surface area contributed by atoms with Crippen molar-refractivity contribution in [2.75, 3.05) is 25.6 Å². The van der Waals surface area contributed by atoms with Crippen LogP contribution in [-0.4, -0.2) is 42.3 Å². The first kappa shape index (κ1) is 19.7. The van der Waals surface area contributed by atoms with Gasteiger partial charge in [-0.15, -0.1) is 0 Å². The number of esters is 1. The lowest BCUT2D eigenvalue weighted by molar-refractivity contribution is -0.137. The highest BCUT2D eigenvalue weighted by Crippen LogP contribution is 2.51. The first-order valence-electron chi connectivity index (χ1n) is 9.30. The summed E-state index contributed by atoms with van der Waals surface area (Å²) in [5, 5.41) is 12.2. The number of anilines is 1. The second-order valence-electron chi connectivity index (χ2n) is 6.78. The third-order valence-corrected chi connectivity index (χ3v) is 4.75. The van der Waals surface area contributed by atoms with Crippen LogP contribution in [0, 0.1) is 5.92 Å². The van der Waals surface area contributed by atoms with E-state index >= 15 is 0 Å². The molecule has 1 aromatic heterocycles. The molecule has 2 aromatic rings. The molecule has 7 heteroatoms. The van der Waals surface area contributed by atoms with Crippen LogP contribution in [0.4, 0.5) is 5.82 Å². The Balaban J connectivity index is 1.55. The van der Waals surface area contributed by atoms with Crippen molar-refractivity contribution in [1.82, 2.24) is 4.98 Å². The third-order valence-electron chi connectivity index (χ3n) is 4.75. The molecule has 0 aliphatic heterocycles. The maximum atomic E-state index is 12.2. The smallest absolute Gasteiger partial charge is 0.338 e. The van der Waals surface area contributed by atoms with Crippen LogP contribution < -0.4 is 10.1 Å². The van der Waals surface area contributed by atoms with Crippen molar-refractivity contribution in [3.05, 3.63) is 53.7 Å². The molecule has 1 fully saturated rings. The molecule has 1 aliphatic rings. The number of carbonyl (C=O) groups excluding carboxylic acids is 1. The molecule has 2 unspecified atom stereocenters. The standard InChI is InChI=1S/C21H24N2O5/c1-27-21(26)18-13-15(6-7-16(18)17-11-14(17)12-20(24)25)28-10-4-9-23-19-5-2-3-8-22-19/h2-3,5-8,13-14,17H,4,9-12H2,1H3,(H,22,23)(H,24,25). The number of nitrogens with one attached hydrogen (secondary N) is 1. The van der Waals surface area contributed by atoms with Gasteiger partial charge in [-0.05, 0) is 54.5 Å². The van der Waals surface area contributed by atoms with E-state index in [0.29, 0.717) is 17.9 Å². The Morgan fingerprint density at radius 1 is 1.29 bits per heavy atom. The fourth-order valence-corrected chi connectivity index (χ4v) is 3.26. The molecule has 0 spiro atoms. The zero-order valence-corrected chi connectivity index (χ0v) is 15.8.